The van der Waals surface area contributed by atoms with Gasteiger partial charge in [-0.05, 0) is 12.8 Å². The van der Waals surface area contributed by atoms with Crippen molar-refractivity contribution in [2.24, 2.45) is 0 Å². The first-order valence-electron chi connectivity index (χ1n) is 5.99. The van der Waals surface area contributed by atoms with E-state index in [2.05, 4.69) is 4.72 Å². The lowest BCUT2D eigenvalue weighted by molar-refractivity contribution is -0.137. The average molecular weight is 315 g/mol. The van der Waals surface area contributed by atoms with Gasteiger partial charge >= 0.3 is 5.97 Å². The van der Waals surface area contributed by atoms with Crippen LogP contribution in [0, 0.1) is 0 Å². The number of sulfonamides is 1. The molecule has 0 saturated carbocycles. The van der Waals surface area contributed by atoms with Gasteiger partial charge in [-0.1, -0.05) is 12.8 Å². The monoisotopic (exact) mass is 315 g/mol. The topological polar surface area (TPSA) is 118 Å². The van der Waals surface area contributed by atoms with Crippen LogP contribution in [0.4, 0.5) is 0 Å². The number of hydrogen-bond donors (Lipinski definition) is 2. The number of aliphatic carboxylic acids is 1. The van der Waals surface area contributed by atoms with E-state index in [4.69, 9.17) is 5.11 Å². The Kier molecular flexibility index (Phi) is 8.19. The Morgan fingerprint density at radius 3 is 2.11 bits per heavy atom. The van der Waals surface area contributed by atoms with Gasteiger partial charge in [0.05, 0.1) is 11.5 Å². The molecule has 7 nitrogen and oxygen atoms in total. The zero-order chi connectivity index (χ0) is 14.9. The van der Waals surface area contributed by atoms with Crippen LogP contribution >= 0.6 is 0 Å². The summed E-state index contributed by atoms with van der Waals surface area (Å²) < 4.78 is 46.8. The molecule has 0 aromatic rings. The zero-order valence-corrected chi connectivity index (χ0v) is 12.6. The molecule has 0 radical (unpaired) electrons. The molecule has 0 spiro atoms. The first kappa shape index (κ1) is 18.3. The van der Waals surface area contributed by atoms with E-state index in [0.717, 1.165) is 19.1 Å². The highest BCUT2D eigenvalue weighted by Gasteiger charge is 2.13. The summed E-state index contributed by atoms with van der Waals surface area (Å²) in [6, 6.07) is 0. The van der Waals surface area contributed by atoms with Gasteiger partial charge in [-0.3, -0.25) is 4.79 Å². The molecule has 19 heavy (non-hydrogen) atoms. The van der Waals surface area contributed by atoms with Crippen molar-refractivity contribution in [1.29, 1.82) is 0 Å². The molecule has 0 saturated heterocycles. The molecule has 0 aromatic carbocycles. The van der Waals surface area contributed by atoms with Crippen molar-refractivity contribution in [2.75, 3.05) is 24.3 Å². The van der Waals surface area contributed by atoms with Crippen molar-refractivity contribution in [1.82, 2.24) is 4.72 Å². The predicted octanol–water partition coefficient (Wildman–Crippen LogP) is -0.0145. The summed E-state index contributed by atoms with van der Waals surface area (Å²) in [6.45, 7) is 0.249. The van der Waals surface area contributed by atoms with Gasteiger partial charge in [0.1, 0.15) is 9.84 Å². The summed E-state index contributed by atoms with van der Waals surface area (Å²) in [4.78, 5) is 10.2. The number of unbranched alkanes of at least 4 members (excludes halogenated alkanes) is 3. The Labute approximate surface area is 114 Å². The van der Waals surface area contributed by atoms with E-state index in [1.165, 1.54) is 0 Å². The third-order valence-electron chi connectivity index (χ3n) is 2.36. The first-order valence-corrected chi connectivity index (χ1v) is 9.70. The molecular formula is C10H21NO6S2. The minimum Gasteiger partial charge on any atom is -0.481 e. The van der Waals surface area contributed by atoms with Crippen LogP contribution in [0.25, 0.3) is 0 Å². The number of sulfone groups is 1. The van der Waals surface area contributed by atoms with Crippen molar-refractivity contribution in [3.63, 3.8) is 0 Å². The van der Waals surface area contributed by atoms with Gasteiger partial charge in [0.15, 0.2) is 0 Å². The Balaban J connectivity index is 3.67. The Hall–Kier alpha value is -0.670. The number of carbonyl (C=O) groups is 1. The Bertz CT molecular complexity index is 468. The fraction of sp³-hybridized carbons (Fsp3) is 0.900. The van der Waals surface area contributed by atoms with E-state index in [0.29, 0.717) is 12.8 Å². The maximum Gasteiger partial charge on any atom is 0.303 e. The molecule has 0 aliphatic rings. The predicted molar refractivity (Wildman–Crippen MR) is 72.2 cm³/mol. The van der Waals surface area contributed by atoms with Crippen molar-refractivity contribution in [3.05, 3.63) is 0 Å². The van der Waals surface area contributed by atoms with E-state index in [-0.39, 0.29) is 18.7 Å². The van der Waals surface area contributed by atoms with Crippen LogP contribution in [-0.4, -0.2) is 52.2 Å². The number of rotatable bonds is 11. The highest BCUT2D eigenvalue weighted by atomic mass is 32.2. The molecule has 0 rings (SSSR count). The smallest absolute Gasteiger partial charge is 0.303 e. The second-order valence-corrected chi connectivity index (χ2v) is 8.59. The number of carboxylic acid groups (broad SMARTS) is 1. The summed E-state index contributed by atoms with van der Waals surface area (Å²) in [5.41, 5.74) is 0. The van der Waals surface area contributed by atoms with Crippen LogP contribution < -0.4 is 4.72 Å². The highest BCUT2D eigenvalue weighted by Crippen LogP contribution is 2.02. The standard InChI is InChI=1S/C10H21NO6S2/c1-18(14,15)8-9-19(16,17)11-7-5-3-2-4-6-10(12)13/h11H,2-9H2,1H3,(H,12,13). The number of carboxylic acids is 1. The largest absolute Gasteiger partial charge is 0.481 e. The van der Waals surface area contributed by atoms with E-state index < -0.39 is 31.6 Å². The Morgan fingerprint density at radius 2 is 1.58 bits per heavy atom. The molecule has 0 aliphatic heterocycles. The zero-order valence-electron chi connectivity index (χ0n) is 11.0. The molecule has 0 heterocycles. The molecule has 0 amide bonds. The summed E-state index contributed by atoms with van der Waals surface area (Å²) >= 11 is 0. The molecule has 9 heteroatoms. The number of nitrogens with one attached hydrogen (secondary N) is 1. The van der Waals surface area contributed by atoms with Crippen molar-refractivity contribution >= 4 is 25.8 Å². The average Bonchev–Trinajstić information content (AvgIpc) is 2.24. The molecule has 0 aromatic heterocycles. The van der Waals surface area contributed by atoms with Crippen LogP contribution in [0.1, 0.15) is 32.1 Å². The molecular weight excluding hydrogens is 294 g/mol. The fourth-order valence-electron chi connectivity index (χ4n) is 1.32. The molecule has 0 atom stereocenters. The van der Waals surface area contributed by atoms with Gasteiger partial charge in [0.2, 0.25) is 10.0 Å². The number of hydrogen-bond acceptors (Lipinski definition) is 5. The van der Waals surface area contributed by atoms with E-state index >= 15 is 0 Å². The maximum absolute atomic E-state index is 11.4. The molecule has 2 N–H and O–H groups in total. The van der Waals surface area contributed by atoms with E-state index in [9.17, 15) is 21.6 Å². The van der Waals surface area contributed by atoms with Gasteiger partial charge in [0.25, 0.3) is 0 Å². The Morgan fingerprint density at radius 1 is 1.00 bits per heavy atom. The minimum absolute atomic E-state index is 0.125. The lowest BCUT2D eigenvalue weighted by Crippen LogP contribution is -2.30. The lowest BCUT2D eigenvalue weighted by atomic mass is 10.1. The van der Waals surface area contributed by atoms with Crippen molar-refractivity contribution in [3.8, 4) is 0 Å². The van der Waals surface area contributed by atoms with Gasteiger partial charge in [-0.25, -0.2) is 21.6 Å². The normalized spacial score (nSPS) is 12.5. The quantitative estimate of drug-likeness (QED) is 0.518. The fourth-order valence-corrected chi connectivity index (χ4v) is 4.00. The molecule has 0 aliphatic carbocycles. The van der Waals surface area contributed by atoms with Gasteiger partial charge in [-0.15, -0.1) is 0 Å². The summed E-state index contributed by atoms with van der Waals surface area (Å²) in [5.74, 6) is -1.65. The van der Waals surface area contributed by atoms with E-state index in [1.807, 2.05) is 0 Å². The van der Waals surface area contributed by atoms with Gasteiger partial charge < -0.3 is 5.11 Å². The van der Waals surface area contributed by atoms with Crippen molar-refractivity contribution in [2.45, 2.75) is 32.1 Å². The molecule has 0 fully saturated rings. The van der Waals surface area contributed by atoms with Crippen LogP contribution in [0.15, 0.2) is 0 Å². The second-order valence-electron chi connectivity index (χ2n) is 4.40. The van der Waals surface area contributed by atoms with Crippen molar-refractivity contribution < 1.29 is 26.7 Å². The third kappa shape index (κ3) is 13.6. The lowest BCUT2D eigenvalue weighted by Gasteiger charge is -2.05. The van der Waals surface area contributed by atoms with Crippen LogP contribution in [-0.2, 0) is 24.7 Å². The molecule has 0 unspecified atom stereocenters. The van der Waals surface area contributed by atoms with Crippen LogP contribution in [0.2, 0.25) is 0 Å². The van der Waals surface area contributed by atoms with E-state index in [1.54, 1.807) is 0 Å². The minimum atomic E-state index is -3.54. The van der Waals surface area contributed by atoms with Gasteiger partial charge in [-0.2, -0.15) is 0 Å². The SMILES string of the molecule is CS(=O)(=O)CCS(=O)(=O)NCCCCCCC(=O)O. The molecule has 114 valence electrons. The summed E-state index contributed by atoms with van der Waals surface area (Å²) in [7, 11) is -6.83. The second kappa shape index (κ2) is 8.49. The summed E-state index contributed by atoms with van der Waals surface area (Å²) in [5, 5.41) is 8.41. The molecule has 0 bridgehead atoms. The highest BCUT2D eigenvalue weighted by molar-refractivity contribution is 7.93. The van der Waals surface area contributed by atoms with Gasteiger partial charge in [0, 0.05) is 19.2 Å². The van der Waals surface area contributed by atoms with Crippen LogP contribution in [0.3, 0.4) is 0 Å². The third-order valence-corrected chi connectivity index (χ3v) is 4.95. The maximum atomic E-state index is 11.4. The van der Waals surface area contributed by atoms with Crippen LogP contribution in [0.5, 0.6) is 0 Å². The summed E-state index contributed by atoms with van der Waals surface area (Å²) in [6.07, 6.45) is 3.78. The first-order chi connectivity index (χ1) is 8.62.